The molecule has 0 amide bonds. The molecule has 0 radical (unpaired) electrons. The van der Waals surface area contributed by atoms with Crippen molar-refractivity contribution < 1.29 is 8.07 Å². The number of hydrogen-bond acceptors (Lipinski definition) is 1. The molecule has 2 rings (SSSR count). The topological polar surface area (TPSA) is 12.9 Å². The summed E-state index contributed by atoms with van der Waals surface area (Å²) < 4.78 is 0. The molecule has 0 atom stereocenters. The predicted octanol–water partition coefficient (Wildman–Crippen LogP) is 4.00. The first kappa shape index (κ1) is 11.7. The summed E-state index contributed by atoms with van der Waals surface area (Å²) >= 11 is 4.43. The van der Waals surface area contributed by atoms with E-state index in [0.29, 0.717) is 0 Å². The maximum Gasteiger partial charge on any atom is 0.0701 e. The molecule has 0 aliphatic heterocycles. The Morgan fingerprint density at radius 3 is 2.31 bits per heavy atom. The Labute approximate surface area is 106 Å². The van der Waals surface area contributed by atoms with E-state index in [2.05, 4.69) is 58.1 Å². The quantitative estimate of drug-likeness (QED) is 0.445. The minimum atomic E-state index is 1.06. The van der Waals surface area contributed by atoms with Gasteiger partial charge < -0.3 is 0 Å². The molecule has 1 heterocycles. The molecule has 0 saturated heterocycles. The summed E-state index contributed by atoms with van der Waals surface area (Å²) in [6.07, 6.45) is 1.81. The van der Waals surface area contributed by atoms with E-state index in [1.54, 1.807) is 8.07 Å². The van der Waals surface area contributed by atoms with Crippen LogP contribution < -0.4 is 0 Å². The van der Waals surface area contributed by atoms with Gasteiger partial charge in [0, 0.05) is 11.6 Å². The van der Waals surface area contributed by atoms with Crippen molar-refractivity contribution in [3.63, 3.8) is 0 Å². The Balaban J connectivity index is 0.000000251. The molecule has 4 heteroatoms. The van der Waals surface area contributed by atoms with Crippen molar-refractivity contribution in [3.05, 3.63) is 42.6 Å². The van der Waals surface area contributed by atoms with Crippen LogP contribution in [0.4, 0.5) is 0 Å². The van der Waals surface area contributed by atoms with Crippen LogP contribution in [0.5, 0.6) is 0 Å². The van der Waals surface area contributed by atoms with Crippen molar-refractivity contribution in [2.75, 3.05) is 0 Å². The number of halogens is 2. The summed E-state index contributed by atoms with van der Waals surface area (Å²) in [5.74, 6) is 0. The van der Waals surface area contributed by atoms with Crippen LogP contribution in [0, 0.1) is 0 Å². The molecule has 0 bridgehead atoms. The molecule has 1 aromatic heterocycles. The zero-order valence-electron chi connectivity index (χ0n) is 6.56. The molecule has 1 aromatic carbocycles. The van der Waals surface area contributed by atoms with Crippen LogP contribution in [-0.2, 0) is 8.07 Å². The second-order valence-electron chi connectivity index (χ2n) is 2.24. The normalized spacial score (nSPS) is 9.38. The maximum absolute atomic E-state index is 4.18. The van der Waals surface area contributed by atoms with Gasteiger partial charge >= 0.3 is 49.0 Å². The zero-order chi connectivity index (χ0) is 9.52. The number of pyridine rings is 1. The molecule has 0 N–H and O–H groups in total. The molecular weight excluding hydrogens is 435 g/mol. The van der Waals surface area contributed by atoms with E-state index in [1.807, 2.05) is 30.5 Å². The van der Waals surface area contributed by atoms with Crippen molar-refractivity contribution >= 4 is 51.9 Å². The number of nitrogens with zero attached hydrogens (tertiary/aromatic N) is 1. The van der Waals surface area contributed by atoms with Crippen LogP contribution in [-0.4, -0.2) is 4.98 Å². The Morgan fingerprint density at radius 1 is 1.00 bits per heavy atom. The van der Waals surface area contributed by atoms with Crippen LogP contribution in [0.2, 0.25) is 0 Å². The molecule has 0 saturated carbocycles. The van der Waals surface area contributed by atoms with Crippen LogP contribution in [0.25, 0.3) is 10.9 Å². The SMILES string of the molecule is [I][Ni][I].c1ccc2ncccc2c1. The second-order valence-corrected chi connectivity index (χ2v) is 10.6. The van der Waals surface area contributed by atoms with Crippen molar-refractivity contribution in [2.24, 2.45) is 0 Å². The van der Waals surface area contributed by atoms with Crippen molar-refractivity contribution in [3.8, 4) is 0 Å². The second kappa shape index (κ2) is 6.95. The summed E-state index contributed by atoms with van der Waals surface area (Å²) in [6.45, 7) is 0. The number of rotatable bonds is 0. The standard InChI is InChI=1S/C9H7N.2HI.Ni/c1-2-6-9-8(4-1)5-3-7-10-9;;;/h1-7H;2*1H;/q;;;+2/p-2. The van der Waals surface area contributed by atoms with Crippen LogP contribution >= 0.6 is 41.0 Å². The Bertz CT molecular complexity index is 302. The minimum absolute atomic E-state index is 1.06. The van der Waals surface area contributed by atoms with Crippen molar-refractivity contribution in [2.45, 2.75) is 0 Å². The molecule has 0 aliphatic carbocycles. The fraction of sp³-hybridized carbons (Fsp3) is 0. The third-order valence-corrected chi connectivity index (χ3v) is 1.51. The molecule has 0 aliphatic rings. The largest absolute Gasteiger partial charge is 0.256 e. The summed E-state index contributed by atoms with van der Waals surface area (Å²) in [5, 5.41) is 1.20. The number of fused-ring (bicyclic) bond motifs is 1. The first-order valence-corrected chi connectivity index (χ1v) is 9.88. The Morgan fingerprint density at radius 2 is 1.62 bits per heavy atom. The van der Waals surface area contributed by atoms with E-state index < -0.39 is 0 Å². The van der Waals surface area contributed by atoms with Gasteiger partial charge in [0.15, 0.2) is 0 Å². The van der Waals surface area contributed by atoms with Gasteiger partial charge in [-0.25, -0.2) is 0 Å². The molecule has 0 spiro atoms. The van der Waals surface area contributed by atoms with Gasteiger partial charge in [0.05, 0.1) is 5.52 Å². The number of para-hydroxylation sites is 1. The molecule has 2 aromatic rings. The maximum atomic E-state index is 4.18. The first-order valence-electron chi connectivity index (χ1n) is 3.50. The third-order valence-electron chi connectivity index (χ3n) is 1.51. The van der Waals surface area contributed by atoms with Crippen molar-refractivity contribution in [1.29, 1.82) is 0 Å². The van der Waals surface area contributed by atoms with Crippen LogP contribution in [0.1, 0.15) is 0 Å². The van der Waals surface area contributed by atoms with Crippen LogP contribution in [0.15, 0.2) is 42.6 Å². The fourth-order valence-corrected chi connectivity index (χ4v) is 1.02. The van der Waals surface area contributed by atoms with E-state index in [0.717, 1.165) is 5.52 Å². The van der Waals surface area contributed by atoms with Gasteiger partial charge in [-0.2, -0.15) is 0 Å². The van der Waals surface area contributed by atoms with Gasteiger partial charge in [0.25, 0.3) is 0 Å². The molecule has 0 unspecified atom stereocenters. The van der Waals surface area contributed by atoms with E-state index in [9.17, 15) is 0 Å². The van der Waals surface area contributed by atoms with E-state index >= 15 is 0 Å². The van der Waals surface area contributed by atoms with E-state index in [1.165, 1.54) is 5.39 Å². The fourth-order valence-electron chi connectivity index (χ4n) is 1.02. The van der Waals surface area contributed by atoms with E-state index in [4.69, 9.17) is 0 Å². The van der Waals surface area contributed by atoms with Gasteiger partial charge in [-0.1, -0.05) is 24.3 Å². The number of benzene rings is 1. The molecular formula is C9H7I2NNi. The molecule has 0 fully saturated rings. The van der Waals surface area contributed by atoms with Gasteiger partial charge in [0.2, 0.25) is 0 Å². The predicted molar refractivity (Wildman–Crippen MR) is 69.8 cm³/mol. The summed E-state index contributed by atoms with van der Waals surface area (Å²) in [6, 6.07) is 12.1. The average Bonchev–Trinajstić information content (AvgIpc) is 2.19. The summed E-state index contributed by atoms with van der Waals surface area (Å²) in [7, 11) is 1.56. The van der Waals surface area contributed by atoms with Gasteiger partial charge in [-0.15, -0.1) is 0 Å². The summed E-state index contributed by atoms with van der Waals surface area (Å²) in [4.78, 5) is 4.18. The van der Waals surface area contributed by atoms with Gasteiger partial charge in [0.1, 0.15) is 0 Å². The van der Waals surface area contributed by atoms with Gasteiger partial charge in [-0.3, -0.25) is 4.98 Å². The average molecular weight is 442 g/mol. The summed E-state index contributed by atoms with van der Waals surface area (Å²) in [5.41, 5.74) is 1.06. The monoisotopic (exact) mass is 441 g/mol. The smallest absolute Gasteiger partial charge is 0.0701 e. The first-order chi connectivity index (χ1) is 6.38. The Kier molecular flexibility index (Phi) is 6.23. The van der Waals surface area contributed by atoms with Gasteiger partial charge in [-0.05, 0) is 12.1 Å². The van der Waals surface area contributed by atoms with Crippen molar-refractivity contribution in [1.82, 2.24) is 4.98 Å². The zero-order valence-corrected chi connectivity index (χ0v) is 11.9. The molecule has 72 valence electrons. The molecule has 1 nitrogen and oxygen atoms in total. The number of aromatic nitrogens is 1. The Hall–Kier alpha value is 0.584. The minimum Gasteiger partial charge on any atom is -0.256 e. The molecule has 13 heavy (non-hydrogen) atoms. The number of hydrogen-bond donors (Lipinski definition) is 0. The van der Waals surface area contributed by atoms with Crippen LogP contribution in [0.3, 0.4) is 0 Å². The third kappa shape index (κ3) is 4.08. The van der Waals surface area contributed by atoms with E-state index in [-0.39, 0.29) is 0 Å².